The molecule has 0 amide bonds. The third-order valence-electron chi connectivity index (χ3n) is 2.83. The highest BCUT2D eigenvalue weighted by Crippen LogP contribution is 2.30. The van der Waals surface area contributed by atoms with E-state index in [-0.39, 0.29) is 5.82 Å². The Balaban J connectivity index is 0.000000541. The summed E-state index contributed by atoms with van der Waals surface area (Å²) in [5, 5.41) is 2.99. The Morgan fingerprint density at radius 3 is 2.27 bits per heavy atom. The maximum atomic E-state index is 13.8. The first kappa shape index (κ1) is 17.8. The average Bonchev–Trinajstić information content (AvgIpc) is 2.94. The Hall–Kier alpha value is -2.26. The van der Waals surface area contributed by atoms with Crippen molar-refractivity contribution < 1.29 is 4.39 Å². The van der Waals surface area contributed by atoms with Crippen LogP contribution in [0.3, 0.4) is 0 Å². The first-order valence-electron chi connectivity index (χ1n) is 6.82. The summed E-state index contributed by atoms with van der Waals surface area (Å²) >= 11 is 1.59. The van der Waals surface area contributed by atoms with Gasteiger partial charge in [0.15, 0.2) is 0 Å². The van der Waals surface area contributed by atoms with Crippen LogP contribution < -0.4 is 0 Å². The van der Waals surface area contributed by atoms with Crippen molar-refractivity contribution in [2.75, 3.05) is 0 Å². The lowest BCUT2D eigenvalue weighted by molar-refractivity contribution is 0.625. The largest absolute Gasteiger partial charge is 0.242 e. The second-order valence-corrected chi connectivity index (χ2v) is 5.41. The minimum Gasteiger partial charge on any atom is -0.242 e. The molecule has 0 spiro atoms. The molecule has 0 saturated heterocycles. The van der Waals surface area contributed by atoms with E-state index in [1.807, 2.05) is 31.4 Å². The highest BCUT2D eigenvalue weighted by molar-refractivity contribution is 7.09. The topological polar surface area (TPSA) is 12.9 Å². The number of halogens is 1. The van der Waals surface area contributed by atoms with E-state index in [9.17, 15) is 4.39 Å². The summed E-state index contributed by atoms with van der Waals surface area (Å²) in [4.78, 5) is 4.46. The lowest BCUT2D eigenvalue weighted by atomic mass is 9.98. The SMILES string of the molecule is C=CC=C.C=Cc1c(F)ccc(-c2csc(C)n2)c1/C=C\C. The van der Waals surface area contributed by atoms with Crippen molar-refractivity contribution in [1.29, 1.82) is 0 Å². The van der Waals surface area contributed by atoms with Gasteiger partial charge < -0.3 is 0 Å². The molecule has 114 valence electrons. The van der Waals surface area contributed by atoms with Gasteiger partial charge in [-0.1, -0.05) is 50.1 Å². The smallest absolute Gasteiger partial charge is 0.131 e. The van der Waals surface area contributed by atoms with Crippen LogP contribution in [-0.4, -0.2) is 4.98 Å². The first-order chi connectivity index (χ1) is 10.6. The predicted octanol–water partition coefficient (Wildman–Crippen LogP) is 6.29. The number of nitrogens with zero attached hydrogens (tertiary/aromatic N) is 1. The molecule has 1 aromatic carbocycles. The van der Waals surface area contributed by atoms with Crippen LogP contribution in [0.1, 0.15) is 23.1 Å². The lowest BCUT2D eigenvalue weighted by Gasteiger charge is -2.08. The number of allylic oxidation sites excluding steroid dienone is 3. The molecule has 0 aliphatic carbocycles. The Morgan fingerprint density at radius 1 is 1.14 bits per heavy atom. The molecule has 2 rings (SSSR count). The number of thiazole rings is 1. The van der Waals surface area contributed by atoms with E-state index in [0.29, 0.717) is 5.56 Å². The molecule has 3 heteroatoms. The summed E-state index contributed by atoms with van der Waals surface area (Å²) in [6.07, 6.45) is 8.61. The summed E-state index contributed by atoms with van der Waals surface area (Å²) in [7, 11) is 0. The molecule has 0 atom stereocenters. The third kappa shape index (κ3) is 4.37. The molecule has 1 aromatic heterocycles. The van der Waals surface area contributed by atoms with Gasteiger partial charge in [0.2, 0.25) is 0 Å². The van der Waals surface area contributed by atoms with Gasteiger partial charge in [-0.15, -0.1) is 11.3 Å². The molecule has 22 heavy (non-hydrogen) atoms. The van der Waals surface area contributed by atoms with Gasteiger partial charge in [0.1, 0.15) is 5.82 Å². The lowest BCUT2D eigenvalue weighted by Crippen LogP contribution is -1.92. The maximum absolute atomic E-state index is 13.8. The quantitative estimate of drug-likeness (QED) is 0.604. The molecular formula is C19H20FNS. The van der Waals surface area contributed by atoms with Gasteiger partial charge in [0.05, 0.1) is 10.7 Å². The molecule has 0 bridgehead atoms. The van der Waals surface area contributed by atoms with Gasteiger partial charge in [-0.25, -0.2) is 9.37 Å². The maximum Gasteiger partial charge on any atom is 0.131 e. The van der Waals surface area contributed by atoms with E-state index in [2.05, 4.69) is 24.7 Å². The number of benzene rings is 1. The molecule has 0 unspecified atom stereocenters. The number of aryl methyl sites for hydroxylation is 1. The zero-order valence-corrected chi connectivity index (χ0v) is 13.8. The van der Waals surface area contributed by atoms with Crippen molar-refractivity contribution in [2.45, 2.75) is 13.8 Å². The second-order valence-electron chi connectivity index (χ2n) is 4.35. The van der Waals surface area contributed by atoms with Crippen LogP contribution in [0.4, 0.5) is 4.39 Å². The van der Waals surface area contributed by atoms with Gasteiger partial charge in [-0.2, -0.15) is 0 Å². The monoisotopic (exact) mass is 313 g/mol. The van der Waals surface area contributed by atoms with E-state index < -0.39 is 0 Å². The summed E-state index contributed by atoms with van der Waals surface area (Å²) in [6, 6.07) is 3.24. The highest BCUT2D eigenvalue weighted by Gasteiger charge is 2.12. The van der Waals surface area contributed by atoms with Crippen molar-refractivity contribution in [2.24, 2.45) is 0 Å². The fraction of sp³-hybridized carbons (Fsp3) is 0.105. The number of hydrogen-bond donors (Lipinski definition) is 0. The van der Waals surface area contributed by atoms with Crippen LogP contribution in [0.15, 0.2) is 55.5 Å². The van der Waals surface area contributed by atoms with Crippen LogP contribution in [0, 0.1) is 12.7 Å². The third-order valence-corrected chi connectivity index (χ3v) is 3.61. The van der Waals surface area contributed by atoms with Crippen LogP contribution in [0.25, 0.3) is 23.4 Å². The molecule has 0 N–H and O–H groups in total. The zero-order valence-electron chi connectivity index (χ0n) is 13.0. The number of aromatic nitrogens is 1. The van der Waals surface area contributed by atoms with Crippen LogP contribution >= 0.6 is 11.3 Å². The highest BCUT2D eigenvalue weighted by atomic mass is 32.1. The van der Waals surface area contributed by atoms with Crippen LogP contribution in [-0.2, 0) is 0 Å². The van der Waals surface area contributed by atoms with E-state index in [1.54, 1.807) is 35.6 Å². The summed E-state index contributed by atoms with van der Waals surface area (Å²) in [5.41, 5.74) is 3.18. The molecule has 1 nitrogen and oxygen atoms in total. The van der Waals surface area contributed by atoms with Gasteiger partial charge in [-0.05, 0) is 31.5 Å². The molecule has 2 aromatic rings. The van der Waals surface area contributed by atoms with Gasteiger partial charge >= 0.3 is 0 Å². The molecule has 0 radical (unpaired) electrons. The molecule has 0 aliphatic heterocycles. The minimum atomic E-state index is -0.256. The van der Waals surface area contributed by atoms with E-state index >= 15 is 0 Å². The first-order valence-corrected chi connectivity index (χ1v) is 7.70. The molecule has 1 heterocycles. The van der Waals surface area contributed by atoms with Crippen LogP contribution in [0.5, 0.6) is 0 Å². The van der Waals surface area contributed by atoms with Gasteiger partial charge in [0.25, 0.3) is 0 Å². The van der Waals surface area contributed by atoms with E-state index in [0.717, 1.165) is 21.8 Å². The fourth-order valence-corrected chi connectivity index (χ4v) is 2.49. The Bertz CT molecular complexity index is 689. The Morgan fingerprint density at radius 2 is 1.82 bits per heavy atom. The number of rotatable bonds is 4. The molecule has 0 fully saturated rings. The molecular weight excluding hydrogens is 293 g/mol. The van der Waals surface area contributed by atoms with Crippen molar-refractivity contribution in [3.63, 3.8) is 0 Å². The Labute approximate surface area is 135 Å². The standard InChI is InChI=1S/C15H14FNS.C4H6/c1-4-6-12-11(5-2)14(16)8-7-13(12)15-9-18-10(3)17-15;1-3-4-2/h4-9H,2H2,1,3H3;3-4H,1-2H2/b6-4-;. The number of hydrogen-bond acceptors (Lipinski definition) is 2. The van der Waals surface area contributed by atoms with Crippen molar-refractivity contribution in [3.8, 4) is 11.3 Å². The van der Waals surface area contributed by atoms with E-state index in [4.69, 9.17) is 0 Å². The van der Waals surface area contributed by atoms with Crippen LogP contribution in [0.2, 0.25) is 0 Å². The van der Waals surface area contributed by atoms with Crippen molar-refractivity contribution >= 4 is 23.5 Å². The average molecular weight is 313 g/mol. The van der Waals surface area contributed by atoms with Crippen molar-refractivity contribution in [1.82, 2.24) is 4.98 Å². The predicted molar refractivity (Wildman–Crippen MR) is 97.4 cm³/mol. The Kier molecular flexibility index (Phi) is 7.20. The second kappa shape index (κ2) is 8.90. The molecule has 0 saturated carbocycles. The summed E-state index contributed by atoms with van der Waals surface area (Å²) in [6.45, 7) is 14.3. The van der Waals surface area contributed by atoms with Gasteiger partial charge in [-0.3, -0.25) is 0 Å². The van der Waals surface area contributed by atoms with E-state index in [1.165, 1.54) is 6.07 Å². The zero-order chi connectivity index (χ0) is 16.5. The summed E-state index contributed by atoms with van der Waals surface area (Å²) < 4.78 is 13.8. The van der Waals surface area contributed by atoms with Gasteiger partial charge in [0, 0.05) is 16.5 Å². The summed E-state index contributed by atoms with van der Waals surface area (Å²) in [5.74, 6) is -0.256. The molecule has 0 aliphatic rings. The minimum absolute atomic E-state index is 0.256. The fourth-order valence-electron chi connectivity index (χ4n) is 1.87. The normalized spacial score (nSPS) is 9.95. The van der Waals surface area contributed by atoms with Crippen molar-refractivity contribution in [3.05, 3.63) is 77.4 Å².